The molecule has 0 saturated carbocycles. The molecule has 0 unspecified atom stereocenters. The summed E-state index contributed by atoms with van der Waals surface area (Å²) in [6.45, 7) is 2.27. The Morgan fingerprint density at radius 3 is 1.79 bits per heavy atom. The predicted octanol–water partition coefficient (Wildman–Crippen LogP) is 5.31. The zero-order valence-electron chi connectivity index (χ0n) is 12.7. The van der Waals surface area contributed by atoms with Gasteiger partial charge in [0.15, 0.2) is 0 Å². The van der Waals surface area contributed by atoms with Crippen molar-refractivity contribution in [3.05, 3.63) is 0 Å². The molecule has 0 heterocycles. The van der Waals surface area contributed by atoms with E-state index >= 15 is 0 Å². The molecular formula is C16H32O2Te. The Hall–Kier alpha value is 0.260. The molecule has 0 amide bonds. The molecule has 2 nitrogen and oxygen atoms in total. The molecule has 3 heteroatoms. The van der Waals surface area contributed by atoms with E-state index in [2.05, 4.69) is 6.92 Å². The predicted molar refractivity (Wildman–Crippen MR) is 84.1 cm³/mol. The van der Waals surface area contributed by atoms with E-state index in [-0.39, 0.29) is 0 Å². The Bertz CT molecular complexity index is 195. The van der Waals surface area contributed by atoms with Gasteiger partial charge in [0.05, 0.1) is 0 Å². The molecule has 114 valence electrons. The van der Waals surface area contributed by atoms with Crippen LogP contribution in [0.2, 0.25) is 8.94 Å². The van der Waals surface area contributed by atoms with Crippen LogP contribution in [0.1, 0.15) is 84.0 Å². The zero-order chi connectivity index (χ0) is 14.2. The van der Waals surface area contributed by atoms with E-state index in [0.717, 1.165) is 12.8 Å². The molecule has 0 aromatic carbocycles. The molecular weight excluding hydrogens is 352 g/mol. The van der Waals surface area contributed by atoms with Gasteiger partial charge in [-0.2, -0.15) is 0 Å². The van der Waals surface area contributed by atoms with Crippen LogP contribution in [-0.2, 0) is 4.79 Å². The van der Waals surface area contributed by atoms with Gasteiger partial charge in [0.1, 0.15) is 0 Å². The average Bonchev–Trinajstić information content (AvgIpc) is 2.39. The Kier molecular flexibility index (Phi) is 16.5. The first kappa shape index (κ1) is 19.3. The van der Waals surface area contributed by atoms with Gasteiger partial charge < -0.3 is 0 Å². The summed E-state index contributed by atoms with van der Waals surface area (Å²) in [5.74, 6) is -0.647. The van der Waals surface area contributed by atoms with Crippen molar-refractivity contribution < 1.29 is 9.90 Å². The number of carbonyl (C=O) groups is 1. The van der Waals surface area contributed by atoms with Crippen LogP contribution >= 0.6 is 0 Å². The van der Waals surface area contributed by atoms with Gasteiger partial charge in [0.2, 0.25) is 0 Å². The topological polar surface area (TPSA) is 37.3 Å². The molecule has 0 aromatic heterocycles. The third kappa shape index (κ3) is 18.3. The summed E-state index contributed by atoms with van der Waals surface area (Å²) in [7, 11) is 0. The molecule has 0 spiro atoms. The van der Waals surface area contributed by atoms with E-state index in [9.17, 15) is 4.79 Å². The molecule has 0 radical (unpaired) electrons. The van der Waals surface area contributed by atoms with Gasteiger partial charge in [-0.05, 0) is 0 Å². The SMILES string of the molecule is CCCCCCCC[Te]CCCCCCCC(=O)O. The molecule has 0 aliphatic heterocycles. The van der Waals surface area contributed by atoms with Crippen LogP contribution in [0.3, 0.4) is 0 Å². The summed E-state index contributed by atoms with van der Waals surface area (Å²) in [6, 6.07) is 0. The molecule has 0 aliphatic carbocycles. The van der Waals surface area contributed by atoms with Gasteiger partial charge >= 0.3 is 130 Å². The van der Waals surface area contributed by atoms with Crippen molar-refractivity contribution in [3.63, 3.8) is 0 Å². The fourth-order valence-electron chi connectivity index (χ4n) is 2.10. The number of unbranched alkanes of at least 4 members (excludes halogenated alkanes) is 9. The fraction of sp³-hybridized carbons (Fsp3) is 0.938. The summed E-state index contributed by atoms with van der Waals surface area (Å²) in [5.41, 5.74) is 0. The second-order valence-electron chi connectivity index (χ2n) is 5.29. The Labute approximate surface area is 129 Å². The number of rotatable bonds is 15. The van der Waals surface area contributed by atoms with Gasteiger partial charge in [-0.1, -0.05) is 0 Å². The van der Waals surface area contributed by atoms with Crippen LogP contribution < -0.4 is 0 Å². The van der Waals surface area contributed by atoms with Gasteiger partial charge in [0.25, 0.3) is 0 Å². The molecule has 0 aromatic rings. The molecule has 0 atom stereocenters. The minimum atomic E-state index is -0.647. The monoisotopic (exact) mass is 386 g/mol. The molecule has 0 aliphatic rings. The number of carboxylic acids is 1. The van der Waals surface area contributed by atoms with Gasteiger partial charge in [-0.25, -0.2) is 0 Å². The van der Waals surface area contributed by atoms with Crippen LogP contribution in [0.4, 0.5) is 0 Å². The third-order valence-corrected chi connectivity index (χ3v) is 6.62. The normalized spacial score (nSPS) is 10.8. The maximum absolute atomic E-state index is 10.3. The summed E-state index contributed by atoms with van der Waals surface area (Å²) < 4.78 is 3.04. The van der Waals surface area contributed by atoms with E-state index in [0.29, 0.717) is 27.3 Å². The molecule has 0 rings (SSSR count). The number of carboxylic acid groups (broad SMARTS) is 1. The fourth-order valence-corrected chi connectivity index (χ4v) is 5.01. The van der Waals surface area contributed by atoms with Crippen LogP contribution in [0.5, 0.6) is 0 Å². The van der Waals surface area contributed by atoms with Gasteiger partial charge in [-0.15, -0.1) is 0 Å². The first-order valence-electron chi connectivity index (χ1n) is 8.07. The van der Waals surface area contributed by atoms with E-state index in [1.54, 1.807) is 0 Å². The van der Waals surface area contributed by atoms with Crippen LogP contribution in [0, 0.1) is 0 Å². The second-order valence-corrected chi connectivity index (χ2v) is 8.79. The van der Waals surface area contributed by atoms with Gasteiger partial charge in [-0.3, -0.25) is 0 Å². The van der Waals surface area contributed by atoms with Crippen LogP contribution in [0.25, 0.3) is 0 Å². The third-order valence-electron chi connectivity index (χ3n) is 3.32. The van der Waals surface area contributed by atoms with Crippen molar-refractivity contribution >= 4 is 26.9 Å². The molecule has 1 N–H and O–H groups in total. The Balaban J connectivity index is 2.93. The number of hydrogen-bond acceptors (Lipinski definition) is 1. The van der Waals surface area contributed by atoms with Crippen molar-refractivity contribution in [1.29, 1.82) is 0 Å². The van der Waals surface area contributed by atoms with E-state index in [1.807, 2.05) is 0 Å². The van der Waals surface area contributed by atoms with Crippen molar-refractivity contribution in [2.75, 3.05) is 0 Å². The summed E-state index contributed by atoms with van der Waals surface area (Å²) >= 11 is 0.300. The van der Waals surface area contributed by atoms with E-state index in [4.69, 9.17) is 5.11 Å². The van der Waals surface area contributed by atoms with E-state index in [1.165, 1.54) is 66.7 Å². The Morgan fingerprint density at radius 1 is 0.789 bits per heavy atom. The molecule has 0 fully saturated rings. The molecule has 0 saturated heterocycles. The Morgan fingerprint density at radius 2 is 1.26 bits per heavy atom. The van der Waals surface area contributed by atoms with Crippen molar-refractivity contribution in [2.24, 2.45) is 0 Å². The quantitative estimate of drug-likeness (QED) is 0.307. The van der Waals surface area contributed by atoms with Crippen molar-refractivity contribution in [2.45, 2.75) is 92.9 Å². The first-order chi connectivity index (χ1) is 9.27. The summed E-state index contributed by atoms with van der Waals surface area (Å²) in [6.07, 6.45) is 14.9. The van der Waals surface area contributed by atoms with Crippen molar-refractivity contribution in [3.8, 4) is 0 Å². The maximum atomic E-state index is 10.3. The number of aliphatic carboxylic acids is 1. The second kappa shape index (κ2) is 16.3. The molecule has 0 bridgehead atoms. The first-order valence-corrected chi connectivity index (χ1v) is 11.4. The summed E-state index contributed by atoms with van der Waals surface area (Å²) in [4.78, 5) is 10.3. The van der Waals surface area contributed by atoms with Crippen LogP contribution in [-0.4, -0.2) is 32.0 Å². The van der Waals surface area contributed by atoms with E-state index < -0.39 is 5.97 Å². The summed E-state index contributed by atoms with van der Waals surface area (Å²) in [5, 5.41) is 8.51. The average molecular weight is 384 g/mol. The minimum absolute atomic E-state index is 0.300. The standard InChI is InChI=1S/C16H32O2Te/c1-2-3-4-5-8-11-14-19-15-12-9-6-7-10-13-16(17)18/h2-15H2,1H3,(H,17,18). The molecule has 19 heavy (non-hydrogen) atoms. The van der Waals surface area contributed by atoms with Crippen LogP contribution in [0.15, 0.2) is 0 Å². The number of hydrogen-bond donors (Lipinski definition) is 1. The zero-order valence-corrected chi connectivity index (χ0v) is 15.0. The van der Waals surface area contributed by atoms with Gasteiger partial charge in [0, 0.05) is 0 Å². The van der Waals surface area contributed by atoms with Crippen molar-refractivity contribution in [1.82, 2.24) is 0 Å².